The highest BCUT2D eigenvalue weighted by atomic mass is 35.5. The Labute approximate surface area is 123 Å². The first-order valence-corrected chi connectivity index (χ1v) is 6.01. The van der Waals surface area contributed by atoms with Gasteiger partial charge in [0.05, 0.1) is 16.3 Å². The predicted molar refractivity (Wildman–Crippen MR) is 70.3 cm³/mol. The Morgan fingerprint density at radius 2 is 1.81 bits per heavy atom. The maximum absolute atomic E-state index is 12.8. The van der Waals surface area contributed by atoms with Gasteiger partial charge in [0, 0.05) is 0 Å². The monoisotopic (exact) mass is 324 g/mol. The molecule has 1 rings (SSSR count). The van der Waals surface area contributed by atoms with Crippen molar-refractivity contribution in [3.05, 3.63) is 28.8 Å². The van der Waals surface area contributed by atoms with Gasteiger partial charge in [-0.25, -0.2) is 9.59 Å². The van der Waals surface area contributed by atoms with Gasteiger partial charge in [-0.2, -0.15) is 13.2 Å². The second kappa shape index (κ2) is 5.80. The molecule has 1 aromatic carbocycles. The van der Waals surface area contributed by atoms with Gasteiger partial charge in [0.25, 0.3) is 0 Å². The molecular formula is C12H12ClF3N2O3. The maximum Gasteiger partial charge on any atom is 0.418 e. The van der Waals surface area contributed by atoms with Crippen molar-refractivity contribution < 1.29 is 27.9 Å². The van der Waals surface area contributed by atoms with Crippen LogP contribution in [0.5, 0.6) is 0 Å². The number of benzene rings is 1. The van der Waals surface area contributed by atoms with Gasteiger partial charge in [0.1, 0.15) is 5.54 Å². The van der Waals surface area contributed by atoms with Gasteiger partial charge in [-0.3, -0.25) is 0 Å². The van der Waals surface area contributed by atoms with Crippen LogP contribution in [-0.2, 0) is 11.0 Å². The fourth-order valence-electron chi connectivity index (χ4n) is 1.37. The van der Waals surface area contributed by atoms with Gasteiger partial charge in [-0.05, 0) is 26.0 Å². The van der Waals surface area contributed by atoms with Gasteiger partial charge in [0.15, 0.2) is 0 Å². The van der Waals surface area contributed by atoms with E-state index in [1.807, 2.05) is 10.6 Å². The van der Waals surface area contributed by atoms with Crippen molar-refractivity contribution in [2.24, 2.45) is 0 Å². The van der Waals surface area contributed by atoms with E-state index in [2.05, 4.69) is 0 Å². The van der Waals surface area contributed by atoms with Gasteiger partial charge in [-0.15, -0.1) is 0 Å². The zero-order valence-corrected chi connectivity index (χ0v) is 11.8. The molecule has 9 heteroatoms. The van der Waals surface area contributed by atoms with E-state index in [0.29, 0.717) is 0 Å². The number of alkyl halides is 3. The molecule has 0 aliphatic carbocycles. The van der Waals surface area contributed by atoms with Crippen LogP contribution in [0.3, 0.4) is 0 Å². The third-order valence-electron chi connectivity index (χ3n) is 2.52. The normalized spacial score (nSPS) is 11.9. The minimum absolute atomic E-state index is 0.312. The molecule has 5 nitrogen and oxygen atoms in total. The number of anilines is 1. The van der Waals surface area contributed by atoms with E-state index in [0.717, 1.165) is 12.1 Å². The second-order valence-electron chi connectivity index (χ2n) is 4.67. The SMILES string of the molecule is CC(C)(NC(=O)Nc1c(Cl)cccc1C(F)(F)F)C(=O)O. The average molecular weight is 325 g/mol. The Balaban J connectivity index is 3.04. The largest absolute Gasteiger partial charge is 0.480 e. The number of urea groups is 1. The summed E-state index contributed by atoms with van der Waals surface area (Å²) >= 11 is 5.65. The molecule has 0 heterocycles. The van der Waals surface area contributed by atoms with Crippen molar-refractivity contribution in [3.8, 4) is 0 Å². The molecule has 0 radical (unpaired) electrons. The van der Waals surface area contributed by atoms with Gasteiger partial charge in [-0.1, -0.05) is 17.7 Å². The Morgan fingerprint density at radius 1 is 1.24 bits per heavy atom. The van der Waals surface area contributed by atoms with Gasteiger partial charge in [0.2, 0.25) is 0 Å². The van der Waals surface area contributed by atoms with Crippen molar-refractivity contribution in [3.63, 3.8) is 0 Å². The van der Waals surface area contributed by atoms with Crippen molar-refractivity contribution >= 4 is 29.3 Å². The summed E-state index contributed by atoms with van der Waals surface area (Å²) in [6.45, 7) is 2.37. The first-order valence-electron chi connectivity index (χ1n) is 5.63. The van der Waals surface area contributed by atoms with Crippen molar-refractivity contribution in [1.29, 1.82) is 0 Å². The molecule has 0 fully saturated rings. The number of carbonyl (C=O) groups excluding carboxylic acids is 1. The molecule has 0 bridgehead atoms. The number of nitrogens with one attached hydrogen (secondary N) is 2. The van der Waals surface area contributed by atoms with Crippen LogP contribution in [0.15, 0.2) is 18.2 Å². The van der Waals surface area contributed by atoms with E-state index in [1.54, 1.807) is 0 Å². The molecule has 0 saturated heterocycles. The summed E-state index contributed by atoms with van der Waals surface area (Å²) in [5.41, 5.74) is -3.41. The zero-order chi connectivity index (χ0) is 16.4. The maximum atomic E-state index is 12.8. The topological polar surface area (TPSA) is 78.4 Å². The molecular weight excluding hydrogens is 313 g/mol. The summed E-state index contributed by atoms with van der Waals surface area (Å²) in [5, 5.41) is 12.5. The van der Waals surface area contributed by atoms with E-state index in [4.69, 9.17) is 16.7 Å². The van der Waals surface area contributed by atoms with Crippen LogP contribution < -0.4 is 10.6 Å². The fraction of sp³-hybridized carbons (Fsp3) is 0.333. The average Bonchev–Trinajstić information content (AvgIpc) is 2.29. The van der Waals surface area contributed by atoms with Gasteiger partial charge < -0.3 is 15.7 Å². The summed E-state index contributed by atoms with van der Waals surface area (Å²) in [4.78, 5) is 22.5. The molecule has 21 heavy (non-hydrogen) atoms. The number of hydrogen-bond acceptors (Lipinski definition) is 2. The van der Waals surface area contributed by atoms with E-state index < -0.39 is 35.0 Å². The van der Waals surface area contributed by atoms with Gasteiger partial charge >= 0.3 is 18.2 Å². The lowest BCUT2D eigenvalue weighted by Gasteiger charge is -2.22. The van der Waals surface area contributed by atoms with E-state index in [1.165, 1.54) is 19.9 Å². The molecule has 0 aliphatic heterocycles. The van der Waals surface area contributed by atoms with Crippen LogP contribution in [0.25, 0.3) is 0 Å². The number of carboxylic acid groups (broad SMARTS) is 1. The van der Waals surface area contributed by atoms with Crippen molar-refractivity contribution in [2.45, 2.75) is 25.6 Å². The molecule has 1 aromatic rings. The molecule has 0 aliphatic rings. The summed E-state index contributed by atoms with van der Waals surface area (Å²) in [6, 6.07) is 1.91. The van der Waals surface area contributed by atoms with E-state index in [-0.39, 0.29) is 5.02 Å². The molecule has 2 amide bonds. The summed E-state index contributed by atoms with van der Waals surface area (Å²) in [5.74, 6) is -1.34. The number of rotatable bonds is 3. The lowest BCUT2D eigenvalue weighted by molar-refractivity contribution is -0.143. The molecule has 0 aromatic heterocycles. The van der Waals surface area contributed by atoms with Crippen LogP contribution in [0.1, 0.15) is 19.4 Å². The quantitative estimate of drug-likeness (QED) is 0.798. The van der Waals surface area contributed by atoms with Crippen molar-refractivity contribution in [2.75, 3.05) is 5.32 Å². The lowest BCUT2D eigenvalue weighted by atomic mass is 10.1. The lowest BCUT2D eigenvalue weighted by Crippen LogP contribution is -2.51. The minimum Gasteiger partial charge on any atom is -0.480 e. The summed E-state index contributed by atoms with van der Waals surface area (Å²) in [7, 11) is 0. The predicted octanol–water partition coefficient (Wildman–Crippen LogP) is 3.34. The highest BCUT2D eigenvalue weighted by Crippen LogP contribution is 2.38. The molecule has 3 N–H and O–H groups in total. The number of amides is 2. The third kappa shape index (κ3) is 4.25. The van der Waals surface area contributed by atoms with E-state index >= 15 is 0 Å². The van der Waals surface area contributed by atoms with Crippen LogP contribution >= 0.6 is 11.6 Å². The Hall–Kier alpha value is -1.96. The smallest absolute Gasteiger partial charge is 0.418 e. The van der Waals surface area contributed by atoms with Crippen LogP contribution in [0, 0.1) is 0 Å². The Bertz CT molecular complexity index is 573. The van der Waals surface area contributed by atoms with Crippen LogP contribution in [0.4, 0.5) is 23.7 Å². The minimum atomic E-state index is -4.71. The highest BCUT2D eigenvalue weighted by molar-refractivity contribution is 6.34. The second-order valence-corrected chi connectivity index (χ2v) is 5.08. The van der Waals surface area contributed by atoms with Crippen LogP contribution in [-0.4, -0.2) is 22.6 Å². The summed E-state index contributed by atoms with van der Waals surface area (Å²) in [6.07, 6.45) is -4.71. The Kier molecular flexibility index (Phi) is 4.72. The number of hydrogen-bond donors (Lipinski definition) is 3. The molecule has 0 unspecified atom stereocenters. The molecule has 0 spiro atoms. The molecule has 0 atom stereocenters. The number of para-hydroxylation sites is 1. The van der Waals surface area contributed by atoms with E-state index in [9.17, 15) is 22.8 Å². The number of carboxylic acids is 1. The zero-order valence-electron chi connectivity index (χ0n) is 11.0. The highest BCUT2D eigenvalue weighted by Gasteiger charge is 2.35. The molecule has 0 saturated carbocycles. The fourth-order valence-corrected chi connectivity index (χ4v) is 1.59. The number of halogens is 4. The van der Waals surface area contributed by atoms with Crippen LogP contribution in [0.2, 0.25) is 5.02 Å². The summed E-state index contributed by atoms with van der Waals surface area (Å²) < 4.78 is 38.5. The standard InChI is InChI=1S/C12H12ClF3N2O3/c1-11(2,9(19)20)18-10(21)17-8-6(12(14,15)16)4-3-5-7(8)13/h3-5H,1-2H3,(H,19,20)(H2,17,18,21). The first-order chi connectivity index (χ1) is 9.45. The Morgan fingerprint density at radius 3 is 2.29 bits per heavy atom. The molecule has 116 valence electrons. The van der Waals surface area contributed by atoms with Crippen molar-refractivity contribution in [1.82, 2.24) is 5.32 Å². The number of carbonyl (C=O) groups is 2. The number of aliphatic carboxylic acids is 1. The first kappa shape index (κ1) is 17.1. The third-order valence-corrected chi connectivity index (χ3v) is 2.83.